The van der Waals surface area contributed by atoms with Gasteiger partial charge in [0.05, 0.1) is 13.3 Å². The lowest BCUT2D eigenvalue weighted by Crippen LogP contribution is -2.70. The summed E-state index contributed by atoms with van der Waals surface area (Å²) in [6.07, 6.45) is 4.42. The number of nitrogens with zero attached hydrogens (tertiary/aromatic N) is 7. The summed E-state index contributed by atoms with van der Waals surface area (Å²) in [5, 5.41) is 8.13. The Morgan fingerprint density at radius 3 is 2.47 bits per heavy atom. The van der Waals surface area contributed by atoms with Gasteiger partial charge in [0, 0.05) is 56.1 Å². The van der Waals surface area contributed by atoms with Gasteiger partial charge in [-0.25, -0.2) is 25.0 Å². The van der Waals surface area contributed by atoms with Crippen LogP contribution in [0, 0.1) is 5.92 Å². The van der Waals surface area contributed by atoms with Crippen molar-refractivity contribution in [3.8, 4) is 22.5 Å². The molecule has 3 N–H and O–H groups in total. The molecule has 3 aromatic rings. The van der Waals surface area contributed by atoms with Gasteiger partial charge in [-0.05, 0) is 32.4 Å². The lowest BCUT2D eigenvalue weighted by Gasteiger charge is -2.40. The Morgan fingerprint density at radius 1 is 1.11 bits per heavy atom. The largest absolute Gasteiger partial charge is 0.444 e. The highest BCUT2D eigenvalue weighted by Crippen LogP contribution is 2.27. The third-order valence-electron chi connectivity index (χ3n) is 6.72. The monoisotopic (exact) mass is 620 g/mol. The summed E-state index contributed by atoms with van der Waals surface area (Å²) < 4.78 is 7.10. The summed E-state index contributed by atoms with van der Waals surface area (Å²) in [5.41, 5.74) is 5.78. The van der Waals surface area contributed by atoms with Crippen LogP contribution in [0.1, 0.15) is 31.1 Å². The summed E-state index contributed by atoms with van der Waals surface area (Å²) in [6.45, 7) is 6.53. The highest BCUT2D eigenvalue weighted by atomic mass is 16.7. The SMILES string of the molecule is CONN(C(=O)c1cnc(-c2cccc(-c3cnn(C)c3)c2)nc1NCC1CN(C(=O)OC(C)(C)C)C1)C(=O)N1NC(=O)C1=O. The first-order chi connectivity index (χ1) is 21.3. The summed E-state index contributed by atoms with van der Waals surface area (Å²) >= 11 is 0. The fraction of sp³-hybridized carbons (Fsp3) is 0.357. The van der Waals surface area contributed by atoms with E-state index >= 15 is 0 Å². The van der Waals surface area contributed by atoms with Crippen molar-refractivity contribution in [1.82, 2.24) is 45.7 Å². The molecule has 0 aliphatic carbocycles. The molecule has 2 fully saturated rings. The van der Waals surface area contributed by atoms with Crippen molar-refractivity contribution in [2.24, 2.45) is 13.0 Å². The van der Waals surface area contributed by atoms with Crippen LogP contribution >= 0.6 is 0 Å². The van der Waals surface area contributed by atoms with Crippen LogP contribution in [0.25, 0.3) is 22.5 Å². The molecule has 4 heterocycles. The molecule has 2 aliphatic rings. The van der Waals surface area contributed by atoms with E-state index < -0.39 is 35.4 Å². The number of amides is 6. The van der Waals surface area contributed by atoms with Crippen LogP contribution in [-0.2, 0) is 26.2 Å². The summed E-state index contributed by atoms with van der Waals surface area (Å²) in [4.78, 5) is 77.5. The maximum atomic E-state index is 13.6. The second kappa shape index (κ2) is 12.3. The minimum absolute atomic E-state index is 0.0107. The fourth-order valence-corrected chi connectivity index (χ4v) is 4.50. The van der Waals surface area contributed by atoms with Crippen molar-refractivity contribution in [2.75, 3.05) is 32.1 Å². The van der Waals surface area contributed by atoms with Gasteiger partial charge in [-0.1, -0.05) is 18.2 Å². The molecular weight excluding hydrogens is 588 g/mol. The number of likely N-dealkylation sites (tertiary alicyclic amines) is 1. The highest BCUT2D eigenvalue weighted by Gasteiger charge is 2.44. The zero-order valence-electron chi connectivity index (χ0n) is 25.2. The third kappa shape index (κ3) is 6.73. The van der Waals surface area contributed by atoms with E-state index in [1.54, 1.807) is 36.5 Å². The predicted molar refractivity (Wildman–Crippen MR) is 156 cm³/mol. The zero-order valence-corrected chi connectivity index (χ0v) is 25.2. The molecule has 0 atom stereocenters. The van der Waals surface area contributed by atoms with Crippen molar-refractivity contribution in [3.63, 3.8) is 0 Å². The smallest absolute Gasteiger partial charge is 0.410 e. The van der Waals surface area contributed by atoms with Gasteiger partial charge in [0.25, 0.3) is 5.91 Å². The van der Waals surface area contributed by atoms with Crippen LogP contribution in [0.5, 0.6) is 0 Å². The number of aryl methyl sites for hydroxylation is 1. The molecule has 0 unspecified atom stereocenters. The van der Waals surface area contributed by atoms with Crippen molar-refractivity contribution in [3.05, 3.63) is 48.4 Å². The van der Waals surface area contributed by atoms with Gasteiger partial charge in [0.15, 0.2) is 5.82 Å². The molecule has 0 saturated carbocycles. The second-order valence-electron chi connectivity index (χ2n) is 11.4. The number of benzene rings is 1. The number of carbonyl (C=O) groups excluding carboxylic acids is 5. The number of ether oxygens (including phenoxy) is 1. The fourth-order valence-electron chi connectivity index (χ4n) is 4.50. The molecule has 45 heavy (non-hydrogen) atoms. The Morgan fingerprint density at radius 2 is 1.84 bits per heavy atom. The van der Waals surface area contributed by atoms with Crippen LogP contribution < -0.4 is 16.3 Å². The molecule has 2 aliphatic heterocycles. The number of hydrogen-bond acceptors (Lipinski definition) is 12. The highest BCUT2D eigenvalue weighted by molar-refractivity contribution is 6.43. The molecule has 5 rings (SSSR count). The topological polar surface area (TPSA) is 193 Å². The minimum atomic E-state index is -1.21. The zero-order chi connectivity index (χ0) is 32.5. The van der Waals surface area contributed by atoms with Gasteiger partial charge >= 0.3 is 23.9 Å². The quantitative estimate of drug-likeness (QED) is 0.242. The second-order valence-corrected chi connectivity index (χ2v) is 11.4. The number of hydrazine groups is 2. The van der Waals surface area contributed by atoms with E-state index in [2.05, 4.69) is 26.0 Å². The third-order valence-corrected chi connectivity index (χ3v) is 6.72. The number of rotatable bonds is 8. The standard InChI is InChI=1S/C28H32N10O7/c1-28(2,3)45-27(43)36-13-16(14-36)10-29-22-20(24(40)38(34-44-5)26(42)37-25(41)23(39)33-37)12-30-21(32-22)18-8-6-7-17(9-18)19-11-31-35(4)15-19/h6-9,11-12,15-16,34H,10,13-14H2,1-5H3,(H,33,39)(H,29,30,32). The Kier molecular flexibility index (Phi) is 8.47. The molecule has 1 aromatic carbocycles. The first-order valence-electron chi connectivity index (χ1n) is 13.8. The van der Waals surface area contributed by atoms with E-state index in [9.17, 15) is 24.0 Å². The molecule has 17 heteroatoms. The molecule has 0 spiro atoms. The number of carbonyl (C=O) groups is 5. The maximum absolute atomic E-state index is 13.6. The van der Waals surface area contributed by atoms with Gasteiger partial charge in [-0.2, -0.15) is 15.1 Å². The first kappa shape index (κ1) is 31.0. The number of hydrogen-bond donors (Lipinski definition) is 3. The van der Waals surface area contributed by atoms with Gasteiger partial charge in [-0.15, -0.1) is 5.59 Å². The number of urea groups is 1. The van der Waals surface area contributed by atoms with E-state index in [0.717, 1.165) is 18.2 Å². The predicted octanol–water partition coefficient (Wildman–Crippen LogP) is 1.32. The average Bonchev–Trinajstić information content (AvgIpc) is 3.42. The molecule has 236 valence electrons. The summed E-state index contributed by atoms with van der Waals surface area (Å²) in [5.74, 6) is -2.74. The lowest BCUT2D eigenvalue weighted by molar-refractivity contribution is -0.160. The van der Waals surface area contributed by atoms with Gasteiger partial charge in [-0.3, -0.25) is 23.9 Å². The van der Waals surface area contributed by atoms with E-state index in [4.69, 9.17) is 9.57 Å². The Hall–Kier alpha value is -5.42. The van der Waals surface area contributed by atoms with Crippen molar-refractivity contribution >= 4 is 35.7 Å². The molecule has 0 radical (unpaired) electrons. The van der Waals surface area contributed by atoms with E-state index in [1.165, 1.54) is 6.20 Å². The van der Waals surface area contributed by atoms with Crippen molar-refractivity contribution in [1.29, 1.82) is 0 Å². The molecule has 2 aromatic heterocycles. The van der Waals surface area contributed by atoms with E-state index in [0.29, 0.717) is 35.2 Å². The van der Waals surface area contributed by atoms with E-state index in [-0.39, 0.29) is 23.1 Å². The van der Waals surface area contributed by atoms with Crippen molar-refractivity contribution in [2.45, 2.75) is 26.4 Å². The molecule has 0 bridgehead atoms. The van der Waals surface area contributed by atoms with Gasteiger partial charge in [0.2, 0.25) is 0 Å². The minimum Gasteiger partial charge on any atom is -0.444 e. The van der Waals surface area contributed by atoms with Crippen molar-refractivity contribution < 1.29 is 33.5 Å². The Labute approximate surface area is 257 Å². The maximum Gasteiger partial charge on any atom is 0.410 e. The molecule has 2 saturated heterocycles. The Bertz CT molecular complexity index is 1660. The number of anilines is 1. The average molecular weight is 621 g/mol. The summed E-state index contributed by atoms with van der Waals surface area (Å²) in [7, 11) is 2.97. The van der Waals surface area contributed by atoms with Crippen LogP contribution in [0.15, 0.2) is 42.9 Å². The first-order valence-corrected chi connectivity index (χ1v) is 13.8. The molecular formula is C28H32N10O7. The van der Waals surface area contributed by atoms with Crippen LogP contribution in [0.2, 0.25) is 0 Å². The van der Waals surface area contributed by atoms with Gasteiger partial charge < -0.3 is 15.0 Å². The molecule has 6 amide bonds. The normalized spacial score (nSPS) is 14.8. The van der Waals surface area contributed by atoms with Crippen LogP contribution in [-0.4, -0.2) is 96.9 Å². The molecule has 17 nitrogen and oxygen atoms in total. The lowest BCUT2D eigenvalue weighted by atomic mass is 10.0. The van der Waals surface area contributed by atoms with Crippen LogP contribution in [0.4, 0.5) is 15.4 Å². The number of nitrogens with one attached hydrogen (secondary N) is 3. The van der Waals surface area contributed by atoms with Crippen LogP contribution in [0.3, 0.4) is 0 Å². The Balaban J connectivity index is 1.41. The number of imide groups is 2. The van der Waals surface area contributed by atoms with E-state index in [1.807, 2.05) is 42.9 Å². The number of aromatic nitrogens is 4. The summed E-state index contributed by atoms with van der Waals surface area (Å²) in [6, 6.07) is 6.24. The van der Waals surface area contributed by atoms with Gasteiger partial charge in [0.1, 0.15) is 17.0 Å².